The van der Waals surface area contributed by atoms with Gasteiger partial charge in [-0.2, -0.15) is 26.3 Å². The second-order valence-corrected chi connectivity index (χ2v) is 7.22. The van der Waals surface area contributed by atoms with Gasteiger partial charge in [-0.05, 0) is 24.3 Å². The van der Waals surface area contributed by atoms with Crippen molar-refractivity contribution in [1.82, 2.24) is 14.6 Å². The van der Waals surface area contributed by atoms with E-state index in [1.165, 1.54) is 0 Å². The maximum atomic E-state index is 12.3. The number of aromatic nitrogens is 3. The molecule has 4 rings (SSSR count). The number of imidazole rings is 1. The molecule has 1 aliphatic rings. The number of benzene rings is 1. The molecule has 18 heteroatoms. The van der Waals surface area contributed by atoms with E-state index in [-0.39, 0.29) is 12.4 Å². The van der Waals surface area contributed by atoms with E-state index in [4.69, 9.17) is 36.1 Å². The average molecular weight is 588 g/mol. The first-order valence-electron chi connectivity index (χ1n) is 10.3. The minimum Gasteiger partial charge on any atom is -0.483 e. The molecule has 0 unspecified atom stereocenters. The zero-order valence-corrected chi connectivity index (χ0v) is 20.2. The number of carbonyl (C=O) groups is 3. The predicted octanol–water partition coefficient (Wildman–Crippen LogP) is 3.98. The molecule has 2 aromatic heterocycles. The molecule has 1 aliphatic heterocycles. The Hall–Kier alpha value is -4.12. The van der Waals surface area contributed by atoms with E-state index in [0.717, 1.165) is 18.9 Å². The van der Waals surface area contributed by atoms with E-state index in [0.29, 0.717) is 35.3 Å². The number of fused-ring (bicyclic) bond motifs is 1. The summed E-state index contributed by atoms with van der Waals surface area (Å²) in [6.07, 6.45) is -3.39. The van der Waals surface area contributed by atoms with Gasteiger partial charge in [-0.3, -0.25) is 9.59 Å². The van der Waals surface area contributed by atoms with Gasteiger partial charge in [0.05, 0.1) is 30.0 Å². The number of ether oxygens (including phenoxy) is 1. The summed E-state index contributed by atoms with van der Waals surface area (Å²) < 4.78 is 67.8. The molecule has 0 atom stereocenters. The monoisotopic (exact) mass is 587 g/mol. The van der Waals surface area contributed by atoms with Crippen LogP contribution in [0.5, 0.6) is 0 Å². The minimum absolute atomic E-state index is 0.250. The zero-order valence-electron chi connectivity index (χ0n) is 19.5. The van der Waals surface area contributed by atoms with E-state index in [1.807, 2.05) is 12.1 Å². The molecule has 3 N–H and O–H groups in total. The average Bonchev–Trinajstić information content (AvgIpc) is 3.26. The predicted molar refractivity (Wildman–Crippen MR) is 125 cm³/mol. The highest BCUT2D eigenvalue weighted by Crippen LogP contribution is 2.19. The van der Waals surface area contributed by atoms with Crippen LogP contribution in [0.1, 0.15) is 10.4 Å². The van der Waals surface area contributed by atoms with Crippen LogP contribution >= 0.6 is 11.6 Å². The van der Waals surface area contributed by atoms with Crippen LogP contribution in [-0.4, -0.2) is 82.3 Å². The summed E-state index contributed by atoms with van der Waals surface area (Å²) in [7, 11) is 0. The number of aliphatic carboxylic acids is 1. The minimum atomic E-state index is -5.08. The molecule has 1 aromatic carbocycles. The Morgan fingerprint density at radius 1 is 1.10 bits per heavy atom. The van der Waals surface area contributed by atoms with E-state index >= 15 is 0 Å². The van der Waals surface area contributed by atoms with Crippen LogP contribution in [0.3, 0.4) is 0 Å². The molecule has 3 aromatic rings. The smallest absolute Gasteiger partial charge is 0.483 e. The van der Waals surface area contributed by atoms with Crippen LogP contribution in [-0.2, 0) is 14.3 Å². The highest BCUT2D eigenvalue weighted by molar-refractivity contribution is 6.34. The lowest BCUT2D eigenvalue weighted by molar-refractivity contribution is -0.192. The van der Waals surface area contributed by atoms with Gasteiger partial charge >= 0.3 is 18.8 Å². The number of hydrogen-bond donors (Lipinski definition) is 3. The second kappa shape index (κ2) is 16.0. The van der Waals surface area contributed by atoms with Gasteiger partial charge in [0.2, 0.25) is 0 Å². The summed E-state index contributed by atoms with van der Waals surface area (Å²) in [5, 5.41) is 21.7. The molecule has 39 heavy (non-hydrogen) atoms. The van der Waals surface area contributed by atoms with Crippen LogP contribution in [0.15, 0.2) is 42.6 Å². The van der Waals surface area contributed by atoms with Crippen molar-refractivity contribution in [2.24, 2.45) is 0 Å². The Bertz CT molecular complexity index is 1220. The van der Waals surface area contributed by atoms with E-state index in [1.54, 1.807) is 35.0 Å². The number of morpholine rings is 1. The van der Waals surface area contributed by atoms with Gasteiger partial charge in [0.15, 0.2) is 11.5 Å². The normalized spacial score (nSPS) is 12.7. The van der Waals surface area contributed by atoms with Gasteiger partial charge in [-0.15, -0.1) is 5.10 Å². The molecule has 1 fully saturated rings. The van der Waals surface area contributed by atoms with E-state index < -0.39 is 18.8 Å². The van der Waals surface area contributed by atoms with Gasteiger partial charge in [-0.1, -0.05) is 23.7 Å². The van der Waals surface area contributed by atoms with Gasteiger partial charge < -0.3 is 25.2 Å². The van der Waals surface area contributed by atoms with Gasteiger partial charge in [0.1, 0.15) is 5.82 Å². The maximum absolute atomic E-state index is 12.3. The molecule has 1 amide bonds. The van der Waals surface area contributed by atoms with Crippen molar-refractivity contribution < 1.29 is 55.7 Å². The SMILES string of the molecule is FC(F)F.O=C(Nc1cn2nc(N3CCOCC3)ccc2n1)c1ccccc1Cl.O=C(O)C(F)(F)F.O=CO. The van der Waals surface area contributed by atoms with Crippen molar-refractivity contribution in [2.45, 2.75) is 12.9 Å². The maximum Gasteiger partial charge on any atom is 0.490 e. The molecule has 0 bridgehead atoms. The number of anilines is 2. The van der Waals surface area contributed by atoms with Gasteiger partial charge in [0, 0.05) is 13.1 Å². The fourth-order valence-electron chi connectivity index (χ4n) is 2.72. The Kier molecular flexibility index (Phi) is 13.5. The Balaban J connectivity index is 0.000000454. The summed E-state index contributed by atoms with van der Waals surface area (Å²) >= 11 is 6.06. The molecular formula is C21H20ClF6N5O6. The summed E-state index contributed by atoms with van der Waals surface area (Å²) in [4.78, 5) is 36.1. The number of nitrogens with one attached hydrogen (secondary N) is 1. The quantitative estimate of drug-likeness (QED) is 0.306. The summed E-state index contributed by atoms with van der Waals surface area (Å²) in [6, 6.07) is 10.7. The first kappa shape index (κ1) is 32.9. The number of rotatable bonds is 3. The molecule has 11 nitrogen and oxygen atoms in total. The Labute approximate surface area is 220 Å². The van der Waals surface area contributed by atoms with E-state index in [2.05, 4.69) is 20.3 Å². The number of alkyl halides is 6. The molecule has 1 saturated heterocycles. The first-order valence-corrected chi connectivity index (χ1v) is 10.7. The first-order chi connectivity index (χ1) is 18.3. The third-order valence-electron chi connectivity index (χ3n) is 4.24. The highest BCUT2D eigenvalue weighted by atomic mass is 35.5. The lowest BCUT2D eigenvalue weighted by Gasteiger charge is -2.27. The van der Waals surface area contributed by atoms with Crippen molar-refractivity contribution in [3.8, 4) is 0 Å². The fourth-order valence-corrected chi connectivity index (χ4v) is 2.94. The fraction of sp³-hybridized carbons (Fsp3) is 0.286. The van der Waals surface area contributed by atoms with Crippen molar-refractivity contribution >= 4 is 47.2 Å². The standard InChI is InChI=1S/C17H16ClN5O2.C2HF3O2.CHF3.CH2O2/c18-13-4-2-1-3-12(13)17(24)20-14-11-23-15(19-14)5-6-16(21-23)22-7-9-25-10-8-22;3-2(4,5)1(6)7;2-1(3)4;2-1-3/h1-6,11H,7-10H2,(H,20,24);(H,6,7);1H;1H,(H,2,3). The topological polar surface area (TPSA) is 146 Å². The summed E-state index contributed by atoms with van der Waals surface area (Å²) in [5.74, 6) is -1.77. The van der Waals surface area contributed by atoms with Crippen molar-refractivity contribution in [1.29, 1.82) is 0 Å². The number of hydrogen-bond acceptors (Lipinski definition) is 7. The van der Waals surface area contributed by atoms with Crippen molar-refractivity contribution in [3.05, 3.63) is 53.2 Å². The lowest BCUT2D eigenvalue weighted by atomic mass is 10.2. The Morgan fingerprint density at radius 3 is 2.15 bits per heavy atom. The highest BCUT2D eigenvalue weighted by Gasteiger charge is 2.38. The van der Waals surface area contributed by atoms with Gasteiger partial charge in [0.25, 0.3) is 12.4 Å². The number of carboxylic acids is 1. The number of nitrogens with zero attached hydrogens (tertiary/aromatic N) is 4. The van der Waals surface area contributed by atoms with Crippen LogP contribution in [0, 0.1) is 0 Å². The van der Waals surface area contributed by atoms with Crippen LogP contribution in [0.4, 0.5) is 38.0 Å². The van der Waals surface area contributed by atoms with Crippen molar-refractivity contribution in [3.63, 3.8) is 0 Å². The molecule has 3 heterocycles. The summed E-state index contributed by atoms with van der Waals surface area (Å²) in [6.45, 7) is -0.905. The molecule has 0 saturated carbocycles. The molecular weight excluding hydrogens is 568 g/mol. The van der Waals surface area contributed by atoms with E-state index in [9.17, 15) is 31.1 Å². The molecule has 0 aliphatic carbocycles. The number of carboxylic acid groups (broad SMARTS) is 2. The second-order valence-electron chi connectivity index (χ2n) is 6.81. The lowest BCUT2D eigenvalue weighted by Crippen LogP contribution is -2.36. The molecule has 0 spiro atoms. The largest absolute Gasteiger partial charge is 0.490 e. The number of amides is 1. The summed E-state index contributed by atoms with van der Waals surface area (Å²) in [5.41, 5.74) is 1.06. The Morgan fingerprint density at radius 2 is 1.64 bits per heavy atom. The van der Waals surface area contributed by atoms with Crippen LogP contribution < -0.4 is 10.2 Å². The third-order valence-corrected chi connectivity index (χ3v) is 4.57. The van der Waals surface area contributed by atoms with Crippen LogP contribution in [0.2, 0.25) is 5.02 Å². The van der Waals surface area contributed by atoms with Gasteiger partial charge in [-0.25, -0.2) is 14.3 Å². The van der Waals surface area contributed by atoms with Crippen molar-refractivity contribution in [2.75, 3.05) is 36.5 Å². The number of halogens is 7. The molecule has 214 valence electrons. The van der Waals surface area contributed by atoms with Crippen LogP contribution in [0.25, 0.3) is 5.65 Å². The third kappa shape index (κ3) is 11.9. The zero-order chi connectivity index (χ0) is 29.6. The number of carbonyl (C=O) groups excluding carboxylic acids is 1. The molecule has 0 radical (unpaired) electrons.